The van der Waals surface area contributed by atoms with Crippen LogP contribution in [0.2, 0.25) is 0 Å². The van der Waals surface area contributed by atoms with E-state index < -0.39 is 23.4 Å². The normalized spacial score (nSPS) is 26.1. The lowest BCUT2D eigenvalue weighted by Gasteiger charge is -2.42. The lowest BCUT2D eigenvalue weighted by Crippen LogP contribution is -2.30. The first-order valence-electron chi connectivity index (χ1n) is 11.9. The first kappa shape index (κ1) is 23.3. The zero-order valence-corrected chi connectivity index (χ0v) is 18.5. The van der Waals surface area contributed by atoms with E-state index in [2.05, 4.69) is 6.92 Å². The molecule has 0 aliphatic heterocycles. The van der Waals surface area contributed by atoms with Crippen molar-refractivity contribution in [1.29, 1.82) is 0 Å². The molecule has 0 amide bonds. The molecule has 4 atom stereocenters. The van der Waals surface area contributed by atoms with Crippen molar-refractivity contribution in [1.82, 2.24) is 0 Å². The molecule has 4 unspecified atom stereocenters. The second-order valence-corrected chi connectivity index (χ2v) is 9.79. The van der Waals surface area contributed by atoms with Crippen molar-refractivity contribution in [3.63, 3.8) is 0 Å². The third-order valence-electron chi connectivity index (χ3n) is 7.72. The van der Waals surface area contributed by atoms with Crippen molar-refractivity contribution in [2.45, 2.75) is 76.8 Å². The van der Waals surface area contributed by atoms with Gasteiger partial charge in [0, 0.05) is 0 Å². The summed E-state index contributed by atoms with van der Waals surface area (Å²) in [5.74, 6) is 0.949. The van der Waals surface area contributed by atoms with Crippen molar-refractivity contribution in [2.24, 2.45) is 17.8 Å². The molecule has 4 rings (SSSR count). The van der Waals surface area contributed by atoms with Gasteiger partial charge in [-0.1, -0.05) is 44.7 Å². The molecule has 2 fully saturated rings. The highest BCUT2D eigenvalue weighted by Gasteiger charge is 2.36. The summed E-state index contributed by atoms with van der Waals surface area (Å²) in [5.41, 5.74) is -0.289. The Morgan fingerprint density at radius 3 is 2.09 bits per heavy atom. The molecule has 0 saturated heterocycles. The molecule has 0 spiro atoms. The summed E-state index contributed by atoms with van der Waals surface area (Å²) in [5, 5.41) is 0. The van der Waals surface area contributed by atoms with Crippen LogP contribution in [0.4, 0.5) is 22.0 Å². The number of unbranched alkanes of at least 4 members (excludes halogenated alkanes) is 1. The Morgan fingerprint density at radius 1 is 0.844 bits per heavy atom. The molecule has 0 radical (unpaired) electrons. The van der Waals surface area contributed by atoms with Gasteiger partial charge in [-0.2, -0.15) is 13.2 Å². The van der Waals surface area contributed by atoms with E-state index in [1.807, 2.05) is 0 Å². The average molecular weight is 451 g/mol. The van der Waals surface area contributed by atoms with E-state index in [9.17, 15) is 22.0 Å². The van der Waals surface area contributed by atoms with Crippen LogP contribution in [0.25, 0.3) is 11.1 Å². The maximum atomic E-state index is 14.9. The van der Waals surface area contributed by atoms with Crippen LogP contribution >= 0.6 is 0 Å². The van der Waals surface area contributed by atoms with Crippen LogP contribution in [0, 0.1) is 29.4 Å². The van der Waals surface area contributed by atoms with Gasteiger partial charge in [0.2, 0.25) is 0 Å². The molecule has 0 bridgehead atoms. The van der Waals surface area contributed by atoms with Crippen LogP contribution in [0.5, 0.6) is 0 Å². The molecular formula is C27H31F5. The van der Waals surface area contributed by atoms with E-state index in [1.165, 1.54) is 50.7 Å². The van der Waals surface area contributed by atoms with Gasteiger partial charge in [0.1, 0.15) is 11.6 Å². The quantitative estimate of drug-likeness (QED) is 0.398. The summed E-state index contributed by atoms with van der Waals surface area (Å²) in [4.78, 5) is 0. The van der Waals surface area contributed by atoms with Crippen molar-refractivity contribution >= 4 is 0 Å². The van der Waals surface area contributed by atoms with E-state index in [0.29, 0.717) is 11.5 Å². The van der Waals surface area contributed by atoms with Crippen LogP contribution < -0.4 is 0 Å². The summed E-state index contributed by atoms with van der Waals surface area (Å²) in [7, 11) is 0. The minimum absolute atomic E-state index is 0.119. The fraction of sp³-hybridized carbons (Fsp3) is 0.556. The highest BCUT2D eigenvalue weighted by atomic mass is 19.4. The van der Waals surface area contributed by atoms with Gasteiger partial charge in [-0.15, -0.1) is 0 Å². The second-order valence-electron chi connectivity index (χ2n) is 9.79. The molecule has 2 aliphatic carbocycles. The topological polar surface area (TPSA) is 0 Å². The molecule has 2 aromatic rings. The molecule has 2 aromatic carbocycles. The van der Waals surface area contributed by atoms with Crippen molar-refractivity contribution in [3.8, 4) is 11.1 Å². The zero-order chi connectivity index (χ0) is 22.9. The lowest BCUT2D eigenvalue weighted by atomic mass is 9.63. The van der Waals surface area contributed by atoms with Gasteiger partial charge in [0.15, 0.2) is 0 Å². The number of rotatable bonds is 5. The highest BCUT2D eigenvalue weighted by Crippen LogP contribution is 2.49. The van der Waals surface area contributed by atoms with E-state index in [4.69, 9.17) is 0 Å². The van der Waals surface area contributed by atoms with E-state index >= 15 is 0 Å². The summed E-state index contributed by atoms with van der Waals surface area (Å²) in [6.45, 7) is 2.23. The smallest absolute Gasteiger partial charge is 0.206 e. The van der Waals surface area contributed by atoms with E-state index in [0.717, 1.165) is 55.4 Å². The highest BCUT2D eigenvalue weighted by molar-refractivity contribution is 5.66. The molecule has 0 nitrogen and oxygen atoms in total. The van der Waals surface area contributed by atoms with Crippen LogP contribution in [-0.2, 0) is 6.18 Å². The van der Waals surface area contributed by atoms with Crippen LogP contribution in [0.1, 0.15) is 81.8 Å². The number of hydrogen-bond acceptors (Lipinski definition) is 0. The molecule has 174 valence electrons. The summed E-state index contributed by atoms with van der Waals surface area (Å²) in [6, 6.07) is 6.78. The molecule has 32 heavy (non-hydrogen) atoms. The van der Waals surface area contributed by atoms with Crippen molar-refractivity contribution in [2.75, 3.05) is 0 Å². The van der Waals surface area contributed by atoms with Crippen LogP contribution in [0.15, 0.2) is 36.4 Å². The number of fused-ring (bicyclic) bond motifs is 1. The minimum atomic E-state index is -4.48. The predicted octanol–water partition coefficient (Wildman–Crippen LogP) is 9.14. The Labute approximate surface area is 187 Å². The Balaban J connectivity index is 1.47. The minimum Gasteiger partial charge on any atom is -0.206 e. The lowest BCUT2D eigenvalue weighted by molar-refractivity contribution is -0.137. The molecule has 2 aliphatic rings. The van der Waals surface area contributed by atoms with Gasteiger partial charge in [-0.05, 0) is 91.2 Å². The predicted molar refractivity (Wildman–Crippen MR) is 117 cm³/mol. The van der Waals surface area contributed by atoms with Crippen LogP contribution in [-0.4, -0.2) is 0 Å². The van der Waals surface area contributed by atoms with E-state index in [-0.39, 0.29) is 17.0 Å². The summed E-state index contributed by atoms with van der Waals surface area (Å²) >= 11 is 0. The number of alkyl halides is 3. The zero-order valence-electron chi connectivity index (χ0n) is 18.5. The van der Waals surface area contributed by atoms with Gasteiger partial charge < -0.3 is 0 Å². The molecule has 0 aromatic heterocycles. The van der Waals surface area contributed by atoms with Gasteiger partial charge in [-0.3, -0.25) is 0 Å². The number of benzene rings is 2. The first-order chi connectivity index (χ1) is 15.3. The number of hydrogen-bond donors (Lipinski definition) is 0. The Morgan fingerprint density at radius 2 is 1.47 bits per heavy atom. The van der Waals surface area contributed by atoms with Crippen molar-refractivity contribution < 1.29 is 22.0 Å². The fourth-order valence-electron chi connectivity index (χ4n) is 5.97. The Bertz CT molecular complexity index is 892. The van der Waals surface area contributed by atoms with Crippen molar-refractivity contribution in [3.05, 3.63) is 59.2 Å². The molecule has 2 saturated carbocycles. The Hall–Kier alpha value is -1.91. The molecular weight excluding hydrogens is 419 g/mol. The van der Waals surface area contributed by atoms with Gasteiger partial charge in [0.25, 0.3) is 0 Å². The first-order valence-corrected chi connectivity index (χ1v) is 11.9. The average Bonchev–Trinajstić information content (AvgIpc) is 2.76. The molecule has 0 N–H and O–H groups in total. The van der Waals surface area contributed by atoms with E-state index in [1.54, 1.807) is 0 Å². The monoisotopic (exact) mass is 450 g/mol. The fourth-order valence-corrected chi connectivity index (χ4v) is 5.97. The standard InChI is InChI=1S/C27H31F5/c1-2-3-4-17-5-6-20-14-21(8-7-19(20)13-17)22-15-24(28)26(25(29)16-22)18-9-11-23(12-10-18)27(30,31)32/h9-12,15-17,19-21H,2-8,13-14H2,1H3. The number of halogens is 5. The van der Waals surface area contributed by atoms with Crippen LogP contribution in [0.3, 0.4) is 0 Å². The van der Waals surface area contributed by atoms with Gasteiger partial charge in [-0.25, -0.2) is 8.78 Å². The Kier molecular flexibility index (Phi) is 6.92. The summed E-state index contributed by atoms with van der Waals surface area (Å²) < 4.78 is 68.2. The third kappa shape index (κ3) is 5.02. The SMILES string of the molecule is CCCCC1CCC2CC(c3cc(F)c(-c4ccc(C(F)(F)F)cc4)c(F)c3)CCC2C1. The second kappa shape index (κ2) is 9.52. The van der Waals surface area contributed by atoms with Gasteiger partial charge in [0.05, 0.1) is 11.1 Å². The van der Waals surface area contributed by atoms with Gasteiger partial charge >= 0.3 is 6.18 Å². The third-order valence-corrected chi connectivity index (χ3v) is 7.72. The summed E-state index contributed by atoms with van der Waals surface area (Å²) in [6.07, 6.45) is 6.20. The maximum absolute atomic E-state index is 14.9. The molecule has 0 heterocycles. The maximum Gasteiger partial charge on any atom is 0.416 e. The molecule has 5 heteroatoms. The largest absolute Gasteiger partial charge is 0.416 e.